The zero-order valence-corrected chi connectivity index (χ0v) is 35.6. The van der Waals surface area contributed by atoms with Gasteiger partial charge in [-0.25, -0.2) is 0 Å². The van der Waals surface area contributed by atoms with Crippen LogP contribution in [0.4, 0.5) is 0 Å². The van der Waals surface area contributed by atoms with Crippen LogP contribution in [-0.2, 0) is 15.4 Å². The highest BCUT2D eigenvalue weighted by Crippen LogP contribution is 2.70. The zero-order valence-electron chi connectivity index (χ0n) is 33.6. The number of hydrogen-bond donors (Lipinski definition) is 0. The Morgan fingerprint density at radius 1 is 0.958 bits per heavy atom. The molecule has 48 heavy (non-hydrogen) atoms. The van der Waals surface area contributed by atoms with Gasteiger partial charge in [0.1, 0.15) is 6.07 Å². The molecule has 0 aromatic carbocycles. The Morgan fingerprint density at radius 3 is 2.21 bits per heavy atom. The zero-order chi connectivity index (χ0) is 35.7. The van der Waals surface area contributed by atoms with Gasteiger partial charge in [0, 0.05) is 18.8 Å². The van der Waals surface area contributed by atoms with Gasteiger partial charge in [-0.3, -0.25) is 4.68 Å². The molecule has 1 heterocycles. The third-order valence-corrected chi connectivity index (χ3v) is 25.0. The normalized spacial score (nSPS) is 38.1. The summed E-state index contributed by atoms with van der Waals surface area (Å²) in [6.45, 7) is 35.6. The van der Waals surface area contributed by atoms with Crippen LogP contribution < -0.4 is 0 Å². The Hall–Kier alpha value is -0.946. The van der Waals surface area contributed by atoms with Crippen LogP contribution in [-0.4, -0.2) is 38.1 Å². The maximum atomic E-state index is 9.40. The molecule has 0 amide bonds. The van der Waals surface area contributed by atoms with Gasteiger partial charge < -0.3 is 8.85 Å². The first-order valence-electron chi connectivity index (χ1n) is 19.8. The van der Waals surface area contributed by atoms with Crippen LogP contribution in [0.15, 0.2) is 12.4 Å². The summed E-state index contributed by atoms with van der Waals surface area (Å²) in [5.74, 6) is 4.02. The second-order valence-electron chi connectivity index (χ2n) is 20.9. The lowest BCUT2D eigenvalue weighted by molar-refractivity contribution is -0.187. The molecule has 4 saturated carbocycles. The van der Waals surface area contributed by atoms with Crippen LogP contribution in [0.2, 0.25) is 36.3 Å². The second-order valence-corrected chi connectivity index (χ2v) is 30.4. The third kappa shape index (κ3) is 6.72. The van der Waals surface area contributed by atoms with E-state index in [1.54, 1.807) is 6.20 Å². The van der Waals surface area contributed by atoms with Gasteiger partial charge in [-0.1, -0.05) is 75.7 Å². The van der Waals surface area contributed by atoms with Crippen LogP contribution >= 0.6 is 0 Å². The summed E-state index contributed by atoms with van der Waals surface area (Å²) in [5.41, 5.74) is 1.28. The van der Waals surface area contributed by atoms with E-state index in [9.17, 15) is 5.26 Å². The lowest BCUT2D eigenvalue weighted by Crippen LogP contribution is -2.63. The molecule has 0 saturated heterocycles. The van der Waals surface area contributed by atoms with E-state index in [4.69, 9.17) is 8.85 Å². The fraction of sp³-hybridized carbons (Fsp3) is 0.902. The van der Waals surface area contributed by atoms with E-state index in [2.05, 4.69) is 107 Å². The van der Waals surface area contributed by atoms with Crippen LogP contribution in [0.1, 0.15) is 139 Å². The number of hydrogen-bond acceptors (Lipinski definition) is 4. The summed E-state index contributed by atoms with van der Waals surface area (Å²) in [5, 5.41) is 14.4. The molecule has 10 atom stereocenters. The summed E-state index contributed by atoms with van der Waals surface area (Å²) in [6, 6.07) is 2.27. The Kier molecular flexibility index (Phi) is 10.3. The van der Waals surface area contributed by atoms with Gasteiger partial charge in [0.2, 0.25) is 0 Å². The molecule has 0 spiro atoms. The molecule has 5 rings (SSSR count). The minimum absolute atomic E-state index is 0.0412. The Morgan fingerprint density at radius 2 is 1.62 bits per heavy atom. The summed E-state index contributed by atoms with van der Waals surface area (Å²) in [6.07, 6.45) is 16.7. The minimum Gasteiger partial charge on any atom is -0.414 e. The molecule has 0 N–H and O–H groups in total. The van der Waals surface area contributed by atoms with Crippen molar-refractivity contribution < 1.29 is 8.85 Å². The first-order valence-corrected chi connectivity index (χ1v) is 25.6. The molecular weight excluding hydrogens is 623 g/mol. The predicted octanol–water partition coefficient (Wildman–Crippen LogP) is 11.6. The van der Waals surface area contributed by atoms with Crippen molar-refractivity contribution in [3.05, 3.63) is 18.0 Å². The van der Waals surface area contributed by atoms with Gasteiger partial charge >= 0.3 is 0 Å². The van der Waals surface area contributed by atoms with Crippen molar-refractivity contribution in [1.82, 2.24) is 9.78 Å². The average molecular weight is 696 g/mol. The number of nitrogens with zero attached hydrogens (tertiary/aromatic N) is 3. The van der Waals surface area contributed by atoms with E-state index in [1.807, 2.05) is 10.9 Å². The van der Waals surface area contributed by atoms with Gasteiger partial charge in [0.05, 0.1) is 17.4 Å². The van der Waals surface area contributed by atoms with Crippen molar-refractivity contribution in [3.8, 4) is 6.07 Å². The van der Waals surface area contributed by atoms with E-state index in [1.165, 1.54) is 64.2 Å². The van der Waals surface area contributed by atoms with Crippen molar-refractivity contribution in [1.29, 1.82) is 5.26 Å². The monoisotopic (exact) mass is 696 g/mol. The maximum Gasteiger partial charge on any atom is 0.192 e. The van der Waals surface area contributed by atoms with Crippen molar-refractivity contribution in [2.45, 2.75) is 188 Å². The smallest absolute Gasteiger partial charge is 0.192 e. The summed E-state index contributed by atoms with van der Waals surface area (Å²) >= 11 is 0. The van der Waals surface area contributed by atoms with Crippen molar-refractivity contribution in [3.63, 3.8) is 0 Å². The standard InChI is InChI=1S/C41H73N3O2Si2/c1-15-20-41(46-48(13,14)38(6,7)8)22-21-39(9)31(23-41)16-17-32-34-19-18-33(29(2)27-44-28-30(25-42)26-43-44)40(34,10)24-35(36(32)39)45-47(11,12)37(3,4)5/h26,28-29,31-36H,15-24,27H2,1-14H3/t29?,31-,32+,33-,34+,35?,36-,39+,40-,41-/m1/s1. The van der Waals surface area contributed by atoms with E-state index < -0.39 is 16.6 Å². The molecule has 1 aromatic rings. The van der Waals surface area contributed by atoms with Crippen molar-refractivity contribution in [2.75, 3.05) is 0 Å². The summed E-state index contributed by atoms with van der Waals surface area (Å²) in [7, 11) is -3.90. The first kappa shape index (κ1) is 38.3. The Bertz CT molecular complexity index is 1340. The quantitative estimate of drug-likeness (QED) is 0.241. The molecule has 7 heteroatoms. The van der Waals surface area contributed by atoms with E-state index in [-0.39, 0.29) is 21.1 Å². The fourth-order valence-electron chi connectivity index (χ4n) is 11.5. The van der Waals surface area contributed by atoms with Crippen LogP contribution in [0.5, 0.6) is 0 Å². The minimum atomic E-state index is -2.00. The second kappa shape index (κ2) is 12.9. The molecule has 2 unspecified atom stereocenters. The molecule has 272 valence electrons. The van der Waals surface area contributed by atoms with Gasteiger partial charge in [-0.15, -0.1) is 0 Å². The van der Waals surface area contributed by atoms with Crippen LogP contribution in [0.3, 0.4) is 0 Å². The van der Waals surface area contributed by atoms with Crippen LogP contribution in [0.25, 0.3) is 0 Å². The molecule has 0 aliphatic heterocycles. The number of rotatable bonds is 9. The van der Waals surface area contributed by atoms with Crippen LogP contribution in [0, 0.1) is 57.7 Å². The average Bonchev–Trinajstić information content (AvgIpc) is 3.55. The molecular formula is C41H73N3O2Si2. The lowest BCUT2D eigenvalue weighted by atomic mass is 9.42. The van der Waals surface area contributed by atoms with Gasteiger partial charge in [0.25, 0.3) is 0 Å². The van der Waals surface area contributed by atoms with E-state index >= 15 is 0 Å². The van der Waals surface area contributed by atoms with Gasteiger partial charge in [-0.2, -0.15) is 10.4 Å². The van der Waals surface area contributed by atoms with Gasteiger partial charge in [0.15, 0.2) is 16.6 Å². The maximum absolute atomic E-state index is 9.40. The highest BCUT2D eigenvalue weighted by molar-refractivity contribution is 6.74. The third-order valence-electron chi connectivity index (χ3n) is 15.9. The molecule has 5 nitrogen and oxygen atoms in total. The predicted molar refractivity (Wildman–Crippen MR) is 205 cm³/mol. The van der Waals surface area contributed by atoms with Gasteiger partial charge in [-0.05, 0) is 140 Å². The largest absolute Gasteiger partial charge is 0.414 e. The van der Waals surface area contributed by atoms with Crippen molar-refractivity contribution in [2.24, 2.45) is 46.3 Å². The molecule has 0 bridgehead atoms. The highest BCUT2D eigenvalue weighted by Gasteiger charge is 2.66. The molecule has 4 aliphatic rings. The Balaban J connectivity index is 1.48. The number of fused-ring (bicyclic) bond motifs is 5. The molecule has 0 radical (unpaired) electrons. The lowest BCUT2D eigenvalue weighted by Gasteiger charge is -2.66. The summed E-state index contributed by atoms with van der Waals surface area (Å²) < 4.78 is 17.3. The highest BCUT2D eigenvalue weighted by atomic mass is 28.4. The van der Waals surface area contributed by atoms with E-state index in [0.29, 0.717) is 40.8 Å². The number of nitriles is 1. The first-order chi connectivity index (χ1) is 22.0. The van der Waals surface area contributed by atoms with E-state index in [0.717, 1.165) is 18.4 Å². The number of aromatic nitrogens is 2. The fourth-order valence-corrected chi connectivity index (χ4v) is 14.5. The van der Waals surface area contributed by atoms with Crippen molar-refractivity contribution >= 4 is 16.6 Å². The molecule has 4 fully saturated rings. The SMILES string of the molecule is CCC[C@@]1(O[Si](C)(C)C(C)(C)C)CC[C@@]2(C)[C@H](CC[C@H]3[C@@H]4CC[C@H](C(C)Cn5cc(C#N)cn5)[C@@]4(C)CC(O[Si](C)(C)C(C)(C)C)[C@@H]32)C1. The topological polar surface area (TPSA) is 60.1 Å². The molecule has 4 aliphatic carbocycles. The summed E-state index contributed by atoms with van der Waals surface area (Å²) in [4.78, 5) is 0. The molecule has 1 aromatic heterocycles. The Labute approximate surface area is 298 Å².